The Kier molecular flexibility index (Phi) is 5.88. The maximum atomic E-state index is 11.8. The van der Waals surface area contributed by atoms with Crippen LogP contribution in [0.5, 0.6) is 0 Å². The lowest BCUT2D eigenvalue weighted by Crippen LogP contribution is -2.25. The number of thioether (sulfide) groups is 1. The van der Waals surface area contributed by atoms with Gasteiger partial charge in [0.15, 0.2) is 5.16 Å². The number of hydrogen-bond donors (Lipinski definition) is 1. The number of carbonyl (C=O) groups is 1. The Hall–Kier alpha value is -2.56. The van der Waals surface area contributed by atoms with Crippen LogP contribution in [0.3, 0.4) is 0 Å². The molecule has 1 N–H and O–H groups in total. The Bertz CT molecular complexity index is 866. The van der Waals surface area contributed by atoms with Crippen LogP contribution in [0, 0.1) is 12.3 Å². The minimum Gasteiger partial charge on any atom is -0.344 e. The number of thiophene rings is 1. The molecular weight excluding hydrogens is 352 g/mol. The van der Waals surface area contributed by atoms with Gasteiger partial charge in [0.1, 0.15) is 5.82 Å². The van der Waals surface area contributed by atoms with Crippen LogP contribution in [0.1, 0.15) is 10.7 Å². The quantitative estimate of drug-likeness (QED) is 0.515. The standard InChI is InChI=1S/C18H16N4OS2/c1-2-10-19-17(23)13-25-18-21-20-16(12-15-9-6-11-24-15)22(18)14-7-4-3-5-8-14/h1,3-9,11H,10,12-13H2,(H,19,23). The third-order valence-corrected chi connectivity index (χ3v) is 5.15. The lowest BCUT2D eigenvalue weighted by atomic mass is 10.3. The van der Waals surface area contributed by atoms with Crippen LogP contribution >= 0.6 is 23.1 Å². The molecule has 7 heteroatoms. The van der Waals surface area contributed by atoms with Gasteiger partial charge in [0.25, 0.3) is 0 Å². The van der Waals surface area contributed by atoms with Crippen LogP contribution in [0.15, 0.2) is 53.0 Å². The topological polar surface area (TPSA) is 59.8 Å². The number of amides is 1. The van der Waals surface area contributed by atoms with Gasteiger partial charge in [-0.15, -0.1) is 28.0 Å². The van der Waals surface area contributed by atoms with Crippen LogP contribution in [-0.2, 0) is 11.2 Å². The lowest BCUT2D eigenvalue weighted by Gasteiger charge is -2.09. The van der Waals surface area contributed by atoms with Crippen molar-refractivity contribution in [3.63, 3.8) is 0 Å². The second-order valence-electron chi connectivity index (χ2n) is 5.10. The summed E-state index contributed by atoms with van der Waals surface area (Å²) in [5.41, 5.74) is 0.977. The molecule has 3 aromatic rings. The third kappa shape index (κ3) is 4.50. The number of para-hydroxylation sites is 1. The molecule has 0 aliphatic rings. The van der Waals surface area contributed by atoms with Crippen molar-refractivity contribution in [1.29, 1.82) is 0 Å². The van der Waals surface area contributed by atoms with Gasteiger partial charge in [0.2, 0.25) is 5.91 Å². The van der Waals surface area contributed by atoms with Gasteiger partial charge >= 0.3 is 0 Å². The summed E-state index contributed by atoms with van der Waals surface area (Å²) in [7, 11) is 0. The molecule has 0 radical (unpaired) electrons. The number of nitrogens with zero attached hydrogens (tertiary/aromatic N) is 3. The number of terminal acetylenes is 1. The highest BCUT2D eigenvalue weighted by molar-refractivity contribution is 7.99. The minimum atomic E-state index is -0.120. The molecule has 3 rings (SSSR count). The molecule has 25 heavy (non-hydrogen) atoms. The SMILES string of the molecule is C#CCNC(=O)CSc1nnc(Cc2cccs2)n1-c1ccccc1. The molecule has 0 saturated carbocycles. The first kappa shape index (κ1) is 17.3. The average molecular weight is 368 g/mol. The van der Waals surface area contributed by atoms with Gasteiger partial charge in [-0.2, -0.15) is 0 Å². The maximum absolute atomic E-state index is 11.8. The van der Waals surface area contributed by atoms with E-state index in [1.807, 2.05) is 46.3 Å². The molecule has 0 spiro atoms. The fourth-order valence-electron chi connectivity index (χ4n) is 2.24. The lowest BCUT2D eigenvalue weighted by molar-refractivity contribution is -0.118. The van der Waals surface area contributed by atoms with E-state index in [1.54, 1.807) is 11.3 Å². The summed E-state index contributed by atoms with van der Waals surface area (Å²) in [5, 5.41) is 14.0. The molecular formula is C18H16N4OS2. The summed E-state index contributed by atoms with van der Waals surface area (Å²) < 4.78 is 2.00. The van der Waals surface area contributed by atoms with Crippen molar-refractivity contribution in [2.45, 2.75) is 11.6 Å². The van der Waals surface area contributed by atoms with Crippen LogP contribution in [0.4, 0.5) is 0 Å². The first-order chi connectivity index (χ1) is 12.3. The highest BCUT2D eigenvalue weighted by Crippen LogP contribution is 2.24. The Labute approximate surface area is 154 Å². The van der Waals surface area contributed by atoms with Gasteiger partial charge in [0.05, 0.1) is 12.3 Å². The maximum Gasteiger partial charge on any atom is 0.231 e. The summed E-state index contributed by atoms with van der Waals surface area (Å²) >= 11 is 3.03. The van der Waals surface area contributed by atoms with E-state index in [0.717, 1.165) is 11.5 Å². The Balaban J connectivity index is 1.84. The predicted molar refractivity (Wildman–Crippen MR) is 101 cm³/mol. The third-order valence-electron chi connectivity index (χ3n) is 3.35. The number of hydrogen-bond acceptors (Lipinski definition) is 5. The van der Waals surface area contributed by atoms with Crippen molar-refractivity contribution in [3.05, 3.63) is 58.5 Å². The molecule has 5 nitrogen and oxygen atoms in total. The number of nitrogens with one attached hydrogen (secondary N) is 1. The van der Waals surface area contributed by atoms with Crippen LogP contribution in [0.25, 0.3) is 5.69 Å². The Morgan fingerprint density at radius 1 is 1.24 bits per heavy atom. The summed E-state index contributed by atoms with van der Waals surface area (Å²) in [6.07, 6.45) is 5.85. The summed E-state index contributed by atoms with van der Waals surface area (Å²) in [6.45, 7) is 0.231. The van der Waals surface area contributed by atoms with Crippen LogP contribution in [-0.4, -0.2) is 33.0 Å². The highest BCUT2D eigenvalue weighted by atomic mass is 32.2. The number of carbonyl (C=O) groups excluding carboxylic acids is 1. The zero-order chi connectivity index (χ0) is 17.5. The van der Waals surface area contributed by atoms with Gasteiger partial charge in [-0.25, -0.2) is 0 Å². The van der Waals surface area contributed by atoms with Crippen molar-refractivity contribution < 1.29 is 4.79 Å². The predicted octanol–water partition coefficient (Wildman–Crippen LogP) is 2.76. The second-order valence-corrected chi connectivity index (χ2v) is 7.07. The van der Waals surface area contributed by atoms with Crippen LogP contribution < -0.4 is 5.32 Å². The summed E-state index contributed by atoms with van der Waals surface area (Å²) in [4.78, 5) is 13.0. The first-order valence-corrected chi connectivity index (χ1v) is 9.49. The molecule has 2 aromatic heterocycles. The molecule has 2 heterocycles. The van der Waals surface area contributed by atoms with Gasteiger partial charge in [-0.1, -0.05) is 41.9 Å². The smallest absolute Gasteiger partial charge is 0.231 e. The zero-order valence-electron chi connectivity index (χ0n) is 13.4. The average Bonchev–Trinajstić information content (AvgIpc) is 3.29. The number of rotatable bonds is 7. The second kappa shape index (κ2) is 8.51. The summed E-state index contributed by atoms with van der Waals surface area (Å²) in [5.74, 6) is 3.36. The normalized spacial score (nSPS) is 10.4. The van der Waals surface area contributed by atoms with Gasteiger partial charge in [0, 0.05) is 17.0 Å². The molecule has 126 valence electrons. The van der Waals surface area contributed by atoms with Crippen molar-refractivity contribution >= 4 is 29.0 Å². The molecule has 0 aliphatic carbocycles. The van der Waals surface area contributed by atoms with E-state index >= 15 is 0 Å². The Morgan fingerprint density at radius 2 is 2.08 bits per heavy atom. The van der Waals surface area contributed by atoms with Crippen molar-refractivity contribution in [1.82, 2.24) is 20.1 Å². The number of benzene rings is 1. The Morgan fingerprint density at radius 3 is 2.80 bits per heavy atom. The van der Waals surface area contributed by atoms with E-state index in [4.69, 9.17) is 6.42 Å². The molecule has 0 bridgehead atoms. The van der Waals surface area contributed by atoms with E-state index < -0.39 is 0 Å². The monoisotopic (exact) mass is 368 g/mol. The number of aromatic nitrogens is 3. The molecule has 1 amide bonds. The fourth-order valence-corrected chi connectivity index (χ4v) is 3.75. The largest absolute Gasteiger partial charge is 0.344 e. The van der Waals surface area contributed by atoms with Crippen molar-refractivity contribution in [3.8, 4) is 18.0 Å². The van der Waals surface area contributed by atoms with Gasteiger partial charge in [-0.05, 0) is 23.6 Å². The highest BCUT2D eigenvalue weighted by Gasteiger charge is 2.16. The molecule has 0 atom stereocenters. The van der Waals surface area contributed by atoms with Gasteiger partial charge < -0.3 is 5.32 Å². The first-order valence-electron chi connectivity index (χ1n) is 7.63. The van der Waals surface area contributed by atoms with E-state index in [-0.39, 0.29) is 18.2 Å². The minimum absolute atomic E-state index is 0.120. The molecule has 1 aromatic carbocycles. The molecule has 0 saturated heterocycles. The van der Waals surface area contributed by atoms with Crippen molar-refractivity contribution in [2.24, 2.45) is 0 Å². The molecule has 0 fully saturated rings. The van der Waals surface area contributed by atoms with E-state index in [2.05, 4.69) is 27.5 Å². The van der Waals surface area contributed by atoms with E-state index in [1.165, 1.54) is 16.6 Å². The van der Waals surface area contributed by atoms with Crippen molar-refractivity contribution in [2.75, 3.05) is 12.3 Å². The molecule has 0 aliphatic heterocycles. The fraction of sp³-hybridized carbons (Fsp3) is 0.167. The summed E-state index contributed by atoms with van der Waals surface area (Å²) in [6, 6.07) is 14.0. The van der Waals surface area contributed by atoms with Gasteiger partial charge in [-0.3, -0.25) is 9.36 Å². The van der Waals surface area contributed by atoms with E-state index in [9.17, 15) is 4.79 Å². The zero-order valence-corrected chi connectivity index (χ0v) is 15.0. The van der Waals surface area contributed by atoms with Crippen LogP contribution in [0.2, 0.25) is 0 Å². The molecule has 0 unspecified atom stereocenters. The van der Waals surface area contributed by atoms with E-state index in [0.29, 0.717) is 11.6 Å².